The van der Waals surface area contributed by atoms with E-state index in [-0.39, 0.29) is 71.2 Å². The van der Waals surface area contributed by atoms with E-state index in [1.165, 1.54) is 28.9 Å². The molecule has 0 fully saturated rings. The molecule has 0 bridgehead atoms. The number of nitriles is 2. The maximum Gasteiger partial charge on any atom is 0.101 e. The molecule has 0 unspecified atom stereocenters. The smallest absolute Gasteiger partial charge is 0.101 e. The Morgan fingerprint density at radius 1 is 0.931 bits per heavy atom. The van der Waals surface area contributed by atoms with E-state index in [0.717, 1.165) is 21.4 Å². The molecule has 0 N–H and O–H groups in total. The van der Waals surface area contributed by atoms with Crippen LogP contribution in [0.2, 0.25) is 5.02 Å². The van der Waals surface area contributed by atoms with E-state index in [1.807, 2.05) is 26.8 Å². The summed E-state index contributed by atoms with van der Waals surface area (Å²) < 4.78 is 1.71. The summed E-state index contributed by atoms with van der Waals surface area (Å²) >= 11 is 8.55. The molecule has 4 heterocycles. The molecule has 0 saturated heterocycles. The molecule has 0 saturated carbocycles. The zero-order valence-electron chi connectivity index (χ0n) is 15.9. The Kier molecular flexibility index (Phi) is 14.6. The van der Waals surface area contributed by atoms with Gasteiger partial charge in [0.05, 0.1) is 17.2 Å². The van der Waals surface area contributed by atoms with Crippen molar-refractivity contribution in [3.63, 3.8) is 0 Å². The second kappa shape index (κ2) is 14.7. The summed E-state index contributed by atoms with van der Waals surface area (Å²) in [4.78, 5) is 15.8. The summed E-state index contributed by atoms with van der Waals surface area (Å²) in [6.07, 6.45) is 3.82. The average Bonchev–Trinajstić information content (AvgIpc) is 3.39. The number of halogens is 1. The third kappa shape index (κ3) is 6.87. The first-order valence-electron chi connectivity index (χ1n) is 7.95. The fraction of sp³-hybridized carbons (Fsp3) is 0.222. The van der Waals surface area contributed by atoms with Gasteiger partial charge < -0.3 is 19.9 Å². The maximum atomic E-state index is 8.83. The van der Waals surface area contributed by atoms with Crippen LogP contribution < -0.4 is 0 Å². The number of hydrogen-bond acceptors (Lipinski definition) is 8. The van der Waals surface area contributed by atoms with Gasteiger partial charge in [0.1, 0.15) is 6.07 Å². The standard InChI is InChI=1S/C9H6N3S.C7HClN3S.C2H6.2La/c1-2-7-6(3-10)4-11-9-8(7)13-5-12-9;8-5-4(1-9)2-10-7-6(5)12-3-11-7;1-2;;/h4H,2H2,1H3;2H;1-2H3;;/q2*-1;;;. The summed E-state index contributed by atoms with van der Waals surface area (Å²) in [6, 6.07) is 4.08. The van der Waals surface area contributed by atoms with E-state index in [0.29, 0.717) is 27.4 Å². The number of nitrogens with zero attached hydrogens (tertiary/aromatic N) is 6. The predicted octanol–water partition coefficient (Wildman–Crippen LogP) is 4.97. The third-order valence-corrected chi connectivity index (χ3v) is 5.36. The van der Waals surface area contributed by atoms with Gasteiger partial charge >= 0.3 is 0 Å². The Hall–Kier alpha value is -0.260. The summed E-state index contributed by atoms with van der Waals surface area (Å²) in [6.45, 7) is 6.02. The Morgan fingerprint density at radius 3 is 1.93 bits per heavy atom. The van der Waals surface area contributed by atoms with Gasteiger partial charge in [0.2, 0.25) is 0 Å². The molecule has 0 amide bonds. The SMILES string of the molecule is CC.CCc1c(C#N)cnc2n[c-]sc12.N#Cc1cnc2n[c-]sc2c1Cl.[La].[La]. The summed E-state index contributed by atoms with van der Waals surface area (Å²) in [5.74, 6) is 0. The van der Waals surface area contributed by atoms with Crippen molar-refractivity contribution in [1.29, 1.82) is 10.5 Å². The normalized spacial score (nSPS) is 8.90. The number of fused-ring (bicyclic) bond motifs is 2. The van der Waals surface area contributed by atoms with Crippen molar-refractivity contribution < 1.29 is 71.2 Å². The zero-order valence-corrected chi connectivity index (χ0v) is 25.5. The quantitative estimate of drug-likeness (QED) is 0.262. The first kappa shape index (κ1) is 28.7. The van der Waals surface area contributed by atoms with Crippen LogP contribution in [0.5, 0.6) is 0 Å². The van der Waals surface area contributed by atoms with Gasteiger partial charge in [0.25, 0.3) is 0 Å². The van der Waals surface area contributed by atoms with E-state index < -0.39 is 0 Å². The Balaban J connectivity index is 0.000000469. The molecular formula is C18H13ClLa2N6S2-2. The second-order valence-electron chi connectivity index (χ2n) is 4.63. The number of aryl methyl sites for hydroxylation is 1. The van der Waals surface area contributed by atoms with Crippen LogP contribution in [0.1, 0.15) is 37.5 Å². The van der Waals surface area contributed by atoms with Gasteiger partial charge in [-0.3, -0.25) is 22.7 Å². The molecule has 2 radical (unpaired) electrons. The van der Waals surface area contributed by atoms with Crippen LogP contribution in [-0.2, 0) is 6.42 Å². The Morgan fingerprint density at radius 2 is 1.41 bits per heavy atom. The zero-order chi connectivity index (χ0) is 19.8. The maximum absolute atomic E-state index is 8.83. The van der Waals surface area contributed by atoms with E-state index >= 15 is 0 Å². The van der Waals surface area contributed by atoms with E-state index in [9.17, 15) is 0 Å². The minimum atomic E-state index is 0. The largest absolute Gasteiger partial charge is 0.367 e. The molecular weight excluding hydrogens is 678 g/mol. The monoisotopic (exact) mass is 690 g/mol. The number of hydrogen-bond donors (Lipinski definition) is 0. The van der Waals surface area contributed by atoms with E-state index in [1.54, 1.807) is 6.20 Å². The molecule has 0 aliphatic rings. The fourth-order valence-corrected chi connectivity index (χ4v) is 3.78. The van der Waals surface area contributed by atoms with Gasteiger partial charge in [0, 0.05) is 99.9 Å². The van der Waals surface area contributed by atoms with Gasteiger partial charge in [-0.15, -0.1) is 0 Å². The van der Waals surface area contributed by atoms with Gasteiger partial charge in [-0.25, -0.2) is 0 Å². The Labute approximate surface area is 238 Å². The second-order valence-corrected chi connectivity index (χ2v) is 6.60. The summed E-state index contributed by atoms with van der Waals surface area (Å²) in [7, 11) is 0. The summed E-state index contributed by atoms with van der Waals surface area (Å²) in [5.41, 5.74) is 8.75. The topological polar surface area (TPSA) is 99.1 Å². The molecule has 4 aromatic rings. The van der Waals surface area contributed by atoms with Gasteiger partial charge in [-0.05, 0) is 17.4 Å². The van der Waals surface area contributed by atoms with Crippen LogP contribution in [0.4, 0.5) is 0 Å². The van der Waals surface area contributed by atoms with Crippen LogP contribution in [0.3, 0.4) is 0 Å². The molecule has 0 aliphatic heterocycles. The van der Waals surface area contributed by atoms with Crippen molar-refractivity contribution in [2.75, 3.05) is 0 Å². The number of thiazole rings is 2. The molecule has 0 aliphatic carbocycles. The molecule has 4 rings (SSSR count). The first-order valence-corrected chi connectivity index (χ1v) is 9.96. The number of pyridine rings is 2. The van der Waals surface area contributed by atoms with Crippen LogP contribution in [0.15, 0.2) is 12.4 Å². The van der Waals surface area contributed by atoms with Crippen molar-refractivity contribution in [3.05, 3.63) is 45.1 Å². The minimum absolute atomic E-state index is 0. The predicted molar refractivity (Wildman–Crippen MR) is 108 cm³/mol. The van der Waals surface area contributed by atoms with Crippen LogP contribution in [-0.4, -0.2) is 19.9 Å². The molecule has 0 spiro atoms. The Bertz CT molecular complexity index is 1150. The van der Waals surface area contributed by atoms with Crippen LogP contribution in [0.25, 0.3) is 20.7 Å². The van der Waals surface area contributed by atoms with E-state index in [4.69, 9.17) is 22.1 Å². The average molecular weight is 691 g/mol. The van der Waals surface area contributed by atoms with Gasteiger partial charge in [-0.1, -0.05) is 47.3 Å². The van der Waals surface area contributed by atoms with Crippen molar-refractivity contribution in [1.82, 2.24) is 19.9 Å². The summed E-state index contributed by atoms with van der Waals surface area (Å²) in [5, 5.41) is 17.9. The molecule has 0 aromatic carbocycles. The third-order valence-electron chi connectivity index (χ3n) is 3.27. The molecule has 11 heteroatoms. The van der Waals surface area contributed by atoms with E-state index in [2.05, 4.69) is 37.0 Å². The fourth-order valence-electron chi connectivity index (χ4n) is 2.09. The van der Waals surface area contributed by atoms with Crippen LogP contribution >= 0.6 is 34.3 Å². The molecule has 0 atom stereocenters. The molecule has 6 nitrogen and oxygen atoms in total. The number of rotatable bonds is 1. The van der Waals surface area contributed by atoms with Crippen molar-refractivity contribution in [3.8, 4) is 12.1 Å². The van der Waals surface area contributed by atoms with Gasteiger partial charge in [-0.2, -0.15) is 10.5 Å². The van der Waals surface area contributed by atoms with Crippen molar-refractivity contribution in [2.45, 2.75) is 27.2 Å². The van der Waals surface area contributed by atoms with Crippen molar-refractivity contribution >= 4 is 55.0 Å². The first-order chi connectivity index (χ1) is 13.2. The molecule has 4 aromatic heterocycles. The van der Waals surface area contributed by atoms with Gasteiger partial charge in [0.15, 0.2) is 0 Å². The molecule has 29 heavy (non-hydrogen) atoms. The number of aromatic nitrogens is 4. The van der Waals surface area contributed by atoms with Crippen molar-refractivity contribution in [2.24, 2.45) is 0 Å². The van der Waals surface area contributed by atoms with Crippen LogP contribution in [0, 0.1) is 105 Å². The molecule has 142 valence electrons. The minimum Gasteiger partial charge on any atom is -0.367 e.